The predicted molar refractivity (Wildman–Crippen MR) is 134 cm³/mol. The first-order valence-electron chi connectivity index (χ1n) is 11.0. The highest BCUT2D eigenvalue weighted by Crippen LogP contribution is 2.48. The second-order valence-corrected chi connectivity index (χ2v) is 10.8. The van der Waals surface area contributed by atoms with E-state index in [1.807, 2.05) is 43.6 Å². The van der Waals surface area contributed by atoms with Gasteiger partial charge < -0.3 is 0 Å². The Bertz CT molecular complexity index is 1430. The van der Waals surface area contributed by atoms with Crippen molar-refractivity contribution in [2.24, 2.45) is 5.92 Å². The number of Topliss-reactive ketones (excluding diaryl/α,β-unsaturated/α-hetero) is 1. The number of benzene rings is 2. The van der Waals surface area contributed by atoms with Crippen molar-refractivity contribution in [3.8, 4) is 0 Å². The van der Waals surface area contributed by atoms with Gasteiger partial charge in [-0.15, -0.1) is 0 Å². The van der Waals surface area contributed by atoms with Crippen LogP contribution in [-0.4, -0.2) is 24.2 Å². The SMILES string of the molecule is C.Cc1cncc2ccc(CC(=O)[C@@H]3CC3c3ccc(S(=O)(=O)Cc4cccnc4)cc3)cc12. The number of ketones is 1. The van der Waals surface area contributed by atoms with Crippen molar-refractivity contribution >= 4 is 26.4 Å². The Kier molecular flexibility index (Phi) is 6.62. The second-order valence-electron chi connectivity index (χ2n) is 8.79. The Morgan fingerprint density at radius 2 is 1.76 bits per heavy atom. The van der Waals surface area contributed by atoms with Gasteiger partial charge in [-0.05, 0) is 65.1 Å². The van der Waals surface area contributed by atoms with E-state index in [9.17, 15) is 13.2 Å². The number of rotatable bonds is 7. The van der Waals surface area contributed by atoms with Gasteiger partial charge in [0, 0.05) is 42.5 Å². The number of sulfone groups is 1. The Morgan fingerprint density at radius 3 is 2.50 bits per heavy atom. The van der Waals surface area contributed by atoms with Crippen LogP contribution < -0.4 is 0 Å². The zero-order valence-electron chi connectivity index (χ0n) is 18.3. The van der Waals surface area contributed by atoms with E-state index in [0.29, 0.717) is 16.9 Å². The maximum Gasteiger partial charge on any atom is 0.182 e. The first-order valence-corrected chi connectivity index (χ1v) is 12.6. The number of pyridine rings is 2. The molecular formula is C28H28N2O3S. The van der Waals surface area contributed by atoms with E-state index >= 15 is 0 Å². The third kappa shape index (κ3) is 4.92. The smallest absolute Gasteiger partial charge is 0.182 e. The average molecular weight is 473 g/mol. The van der Waals surface area contributed by atoms with Crippen LogP contribution in [0.2, 0.25) is 0 Å². The van der Waals surface area contributed by atoms with Crippen LogP contribution in [0.15, 0.2) is 84.3 Å². The van der Waals surface area contributed by atoms with Gasteiger partial charge in [0.2, 0.25) is 0 Å². The molecule has 1 saturated carbocycles. The molecule has 4 aromatic rings. The zero-order chi connectivity index (χ0) is 23.0. The van der Waals surface area contributed by atoms with Crippen LogP contribution in [0, 0.1) is 12.8 Å². The number of carbonyl (C=O) groups is 1. The molecule has 6 heteroatoms. The topological polar surface area (TPSA) is 77.0 Å². The summed E-state index contributed by atoms with van der Waals surface area (Å²) in [6.07, 6.45) is 8.10. The maximum absolute atomic E-state index is 12.9. The quantitative estimate of drug-likeness (QED) is 0.357. The van der Waals surface area contributed by atoms with Crippen molar-refractivity contribution in [1.29, 1.82) is 0 Å². The van der Waals surface area contributed by atoms with Crippen LogP contribution in [-0.2, 0) is 26.8 Å². The van der Waals surface area contributed by atoms with Gasteiger partial charge in [0.1, 0.15) is 5.78 Å². The van der Waals surface area contributed by atoms with Gasteiger partial charge in [-0.25, -0.2) is 8.42 Å². The summed E-state index contributed by atoms with van der Waals surface area (Å²) in [5.74, 6) is 0.321. The number of carbonyl (C=O) groups excluding carboxylic acids is 1. The molecule has 2 aromatic heterocycles. The van der Waals surface area contributed by atoms with Crippen molar-refractivity contribution in [3.05, 3.63) is 102 Å². The molecular weight excluding hydrogens is 444 g/mol. The van der Waals surface area contributed by atoms with E-state index in [1.54, 1.807) is 36.7 Å². The fourth-order valence-corrected chi connectivity index (χ4v) is 5.75. The summed E-state index contributed by atoms with van der Waals surface area (Å²) in [6.45, 7) is 2.03. The summed E-state index contributed by atoms with van der Waals surface area (Å²) in [4.78, 5) is 21.4. The molecule has 0 bridgehead atoms. The zero-order valence-corrected chi connectivity index (χ0v) is 19.1. The molecule has 1 aliphatic rings. The Morgan fingerprint density at radius 1 is 0.971 bits per heavy atom. The van der Waals surface area contributed by atoms with Crippen LogP contribution in [0.3, 0.4) is 0 Å². The minimum absolute atomic E-state index is 0. The lowest BCUT2D eigenvalue weighted by Gasteiger charge is -2.07. The highest BCUT2D eigenvalue weighted by atomic mass is 32.2. The van der Waals surface area contributed by atoms with E-state index < -0.39 is 9.84 Å². The maximum atomic E-state index is 12.9. The molecule has 5 rings (SSSR count). The normalized spacial score (nSPS) is 17.2. The number of fused-ring (bicyclic) bond motifs is 1. The molecule has 1 aliphatic carbocycles. The largest absolute Gasteiger partial charge is 0.299 e. The number of aromatic nitrogens is 2. The lowest BCUT2D eigenvalue weighted by atomic mass is 9.99. The molecule has 0 aliphatic heterocycles. The molecule has 0 radical (unpaired) electrons. The first-order chi connectivity index (χ1) is 15.9. The molecule has 1 unspecified atom stereocenters. The number of hydrogen-bond donors (Lipinski definition) is 0. The summed E-state index contributed by atoms with van der Waals surface area (Å²) in [7, 11) is -3.44. The minimum Gasteiger partial charge on any atom is -0.299 e. The summed E-state index contributed by atoms with van der Waals surface area (Å²) < 4.78 is 25.4. The van der Waals surface area contributed by atoms with Gasteiger partial charge in [0.25, 0.3) is 0 Å². The molecule has 2 heterocycles. The molecule has 5 nitrogen and oxygen atoms in total. The minimum atomic E-state index is -3.44. The van der Waals surface area contributed by atoms with Gasteiger partial charge in [0.05, 0.1) is 10.6 Å². The van der Waals surface area contributed by atoms with Crippen molar-refractivity contribution in [1.82, 2.24) is 9.97 Å². The molecule has 0 saturated heterocycles. The monoisotopic (exact) mass is 472 g/mol. The van der Waals surface area contributed by atoms with Gasteiger partial charge in [-0.3, -0.25) is 14.8 Å². The fraction of sp³-hybridized carbons (Fsp3) is 0.250. The molecule has 2 aromatic carbocycles. The van der Waals surface area contributed by atoms with E-state index in [4.69, 9.17) is 0 Å². The summed E-state index contributed by atoms with van der Waals surface area (Å²) in [5, 5.41) is 2.21. The standard InChI is InChI=1S/C27H24N2O3S.CH4/c1-18-14-29-16-22-5-4-19(11-24(18)22)12-27(30)26-13-25(26)21-6-8-23(9-7-21)33(31,32)17-20-3-2-10-28-15-20;/h2-11,14-16,25-26H,12-13,17H2,1H3;1H4/t25?,26-;/m1./s1. The lowest BCUT2D eigenvalue weighted by molar-refractivity contribution is -0.119. The molecule has 174 valence electrons. The van der Waals surface area contributed by atoms with Crippen LogP contribution in [0.5, 0.6) is 0 Å². The summed E-state index contributed by atoms with van der Waals surface area (Å²) in [5.41, 5.74) is 3.80. The van der Waals surface area contributed by atoms with Gasteiger partial charge in [0.15, 0.2) is 9.84 Å². The van der Waals surface area contributed by atoms with Crippen LogP contribution in [0.25, 0.3) is 10.8 Å². The van der Waals surface area contributed by atoms with Crippen LogP contribution in [0.1, 0.15) is 42.0 Å². The summed E-state index contributed by atoms with van der Waals surface area (Å²) >= 11 is 0. The molecule has 0 amide bonds. The third-order valence-electron chi connectivity index (χ3n) is 6.35. The van der Waals surface area contributed by atoms with E-state index in [2.05, 4.69) is 16.0 Å². The highest BCUT2D eigenvalue weighted by molar-refractivity contribution is 7.90. The molecule has 2 atom stereocenters. The third-order valence-corrected chi connectivity index (χ3v) is 8.06. The molecule has 34 heavy (non-hydrogen) atoms. The highest BCUT2D eigenvalue weighted by Gasteiger charge is 2.43. The number of nitrogens with zero attached hydrogens (tertiary/aromatic N) is 2. The molecule has 1 fully saturated rings. The lowest BCUT2D eigenvalue weighted by Crippen LogP contribution is -2.07. The van der Waals surface area contributed by atoms with E-state index in [0.717, 1.165) is 33.9 Å². The Balaban J connectivity index is 0.00000274. The fourth-order valence-electron chi connectivity index (χ4n) is 4.43. The Labute approximate surface area is 200 Å². The van der Waals surface area contributed by atoms with Crippen molar-refractivity contribution in [3.63, 3.8) is 0 Å². The van der Waals surface area contributed by atoms with Crippen LogP contribution >= 0.6 is 0 Å². The van der Waals surface area contributed by atoms with E-state index in [1.165, 1.54) is 0 Å². The average Bonchev–Trinajstić information content (AvgIpc) is 3.61. The number of aryl methyl sites for hydroxylation is 1. The van der Waals surface area contributed by atoms with Crippen LogP contribution in [0.4, 0.5) is 0 Å². The van der Waals surface area contributed by atoms with Crippen molar-refractivity contribution < 1.29 is 13.2 Å². The van der Waals surface area contributed by atoms with Crippen molar-refractivity contribution in [2.45, 2.75) is 43.8 Å². The molecule has 0 N–H and O–H groups in total. The second kappa shape index (κ2) is 9.47. The van der Waals surface area contributed by atoms with Gasteiger partial charge in [-0.1, -0.05) is 43.8 Å². The number of hydrogen-bond acceptors (Lipinski definition) is 5. The molecule has 0 spiro atoms. The van der Waals surface area contributed by atoms with Gasteiger partial charge >= 0.3 is 0 Å². The predicted octanol–water partition coefficient (Wildman–Crippen LogP) is 5.46. The summed E-state index contributed by atoms with van der Waals surface area (Å²) in [6, 6.07) is 16.6. The van der Waals surface area contributed by atoms with Gasteiger partial charge in [-0.2, -0.15) is 0 Å². The Hall–Kier alpha value is -3.38. The van der Waals surface area contributed by atoms with Crippen molar-refractivity contribution in [2.75, 3.05) is 0 Å². The van der Waals surface area contributed by atoms with E-state index in [-0.39, 0.29) is 30.8 Å². The first kappa shape index (κ1) is 23.8.